The van der Waals surface area contributed by atoms with Gasteiger partial charge >= 0.3 is 11.4 Å². The third kappa shape index (κ3) is 0.952. The van der Waals surface area contributed by atoms with Crippen LogP contribution in [-0.2, 0) is 0 Å². The van der Waals surface area contributed by atoms with Gasteiger partial charge in [0.15, 0.2) is 0 Å². The van der Waals surface area contributed by atoms with Gasteiger partial charge in [-0.2, -0.15) is 0 Å². The van der Waals surface area contributed by atoms with Crippen molar-refractivity contribution in [2.24, 2.45) is 5.41 Å². The minimum absolute atomic E-state index is 0.0673. The summed E-state index contributed by atoms with van der Waals surface area (Å²) in [4.78, 5) is 25.3. The average molecular weight is 267 g/mol. The van der Waals surface area contributed by atoms with Crippen LogP contribution in [0, 0.1) is 5.41 Å². The summed E-state index contributed by atoms with van der Waals surface area (Å²) in [6.07, 6.45) is 6.39. The molecule has 5 rings (SSSR count). The Morgan fingerprint density at radius 1 is 0.900 bits per heavy atom. The fraction of sp³-hybridized carbons (Fsp3) is 0.333. The van der Waals surface area contributed by atoms with Gasteiger partial charge in [0.25, 0.3) is 0 Å². The summed E-state index contributed by atoms with van der Waals surface area (Å²) >= 11 is 0. The molecule has 2 atom stereocenters. The first kappa shape index (κ1) is 10.5. The van der Waals surface area contributed by atoms with Gasteiger partial charge in [-0.3, -0.25) is 0 Å². The molecule has 1 aliphatic heterocycles. The Morgan fingerprint density at radius 3 is 1.95 bits per heavy atom. The standard InChI is InChI=1S/C15H13N3O2/c19-13-16(10-4-2-1-3-5-10)14(20)18-12-7-6-11(17(13)18)15(12)8-9-15/h1-7,11-12H,8-9H2/t11-,12-/m0/s1. The highest BCUT2D eigenvalue weighted by atomic mass is 16.2. The predicted octanol–water partition coefficient (Wildman–Crippen LogP) is 1.25. The molecule has 5 nitrogen and oxygen atoms in total. The molecule has 1 aromatic carbocycles. The van der Waals surface area contributed by atoms with Gasteiger partial charge in [-0.1, -0.05) is 30.4 Å². The van der Waals surface area contributed by atoms with Gasteiger partial charge in [0, 0.05) is 5.41 Å². The molecule has 2 heterocycles. The van der Waals surface area contributed by atoms with Crippen LogP contribution in [0.5, 0.6) is 0 Å². The molecule has 5 heteroatoms. The van der Waals surface area contributed by atoms with E-state index in [9.17, 15) is 9.59 Å². The Labute approximate surface area is 114 Å². The zero-order valence-electron chi connectivity index (χ0n) is 10.8. The van der Waals surface area contributed by atoms with Gasteiger partial charge in [-0.05, 0) is 25.0 Å². The third-order valence-electron chi connectivity index (χ3n) is 5.03. The molecule has 0 N–H and O–H groups in total. The smallest absolute Gasteiger partial charge is 0.245 e. The molecule has 1 aromatic heterocycles. The molecule has 1 saturated carbocycles. The SMILES string of the molecule is O=c1n(-c2ccccc2)c(=O)n2n1[C@H]1C=C[C@H]2C12CC2. The van der Waals surface area contributed by atoms with Crippen LogP contribution in [-0.4, -0.2) is 13.9 Å². The number of nitrogens with zero attached hydrogens (tertiary/aromatic N) is 3. The van der Waals surface area contributed by atoms with Gasteiger partial charge in [0.1, 0.15) is 0 Å². The van der Waals surface area contributed by atoms with Crippen molar-refractivity contribution in [3.05, 3.63) is 63.5 Å². The molecular weight excluding hydrogens is 254 g/mol. The summed E-state index contributed by atoms with van der Waals surface area (Å²) in [7, 11) is 0. The average Bonchev–Trinajstić information content (AvgIpc) is 3.06. The largest absolute Gasteiger partial charge is 0.352 e. The maximum atomic E-state index is 12.7. The van der Waals surface area contributed by atoms with Crippen molar-refractivity contribution in [2.45, 2.75) is 24.9 Å². The Kier molecular flexibility index (Phi) is 1.60. The Morgan fingerprint density at radius 2 is 1.45 bits per heavy atom. The second-order valence-corrected chi connectivity index (χ2v) is 5.93. The lowest BCUT2D eigenvalue weighted by molar-refractivity contribution is 0.412. The van der Waals surface area contributed by atoms with Crippen LogP contribution in [0.2, 0.25) is 0 Å². The highest BCUT2D eigenvalue weighted by Gasteiger charge is 2.64. The maximum Gasteiger partial charge on any atom is 0.352 e. The van der Waals surface area contributed by atoms with E-state index in [1.807, 2.05) is 18.2 Å². The Hall–Kier alpha value is -2.30. The summed E-state index contributed by atoms with van der Waals surface area (Å²) in [5.41, 5.74) is 0.337. The summed E-state index contributed by atoms with van der Waals surface area (Å²) < 4.78 is 4.60. The van der Waals surface area contributed by atoms with Crippen LogP contribution in [0.25, 0.3) is 5.69 Å². The number of rotatable bonds is 1. The fourth-order valence-corrected chi connectivity index (χ4v) is 3.93. The number of fused-ring (bicyclic) bond motifs is 3. The first-order valence-corrected chi connectivity index (χ1v) is 6.94. The number of benzene rings is 1. The van der Waals surface area contributed by atoms with Crippen molar-refractivity contribution < 1.29 is 0 Å². The molecule has 2 aromatic rings. The van der Waals surface area contributed by atoms with Crippen LogP contribution in [0.15, 0.2) is 52.1 Å². The van der Waals surface area contributed by atoms with E-state index in [2.05, 4.69) is 12.2 Å². The predicted molar refractivity (Wildman–Crippen MR) is 73.2 cm³/mol. The number of hydrogen-bond acceptors (Lipinski definition) is 2. The van der Waals surface area contributed by atoms with Crippen molar-refractivity contribution in [1.29, 1.82) is 0 Å². The second-order valence-electron chi connectivity index (χ2n) is 5.93. The second kappa shape index (κ2) is 3.06. The monoisotopic (exact) mass is 267 g/mol. The lowest BCUT2D eigenvalue weighted by Crippen LogP contribution is -2.31. The lowest BCUT2D eigenvalue weighted by atomic mass is 9.97. The molecule has 0 radical (unpaired) electrons. The first-order chi connectivity index (χ1) is 9.74. The molecule has 1 spiro atoms. The van der Waals surface area contributed by atoms with Gasteiger partial charge < -0.3 is 0 Å². The number of allylic oxidation sites excluding steroid dienone is 2. The minimum atomic E-state index is -0.218. The van der Waals surface area contributed by atoms with Crippen LogP contribution < -0.4 is 11.4 Å². The Bertz CT molecular complexity index is 817. The van der Waals surface area contributed by atoms with Crippen LogP contribution >= 0.6 is 0 Å². The summed E-state index contributed by atoms with van der Waals surface area (Å²) in [6.45, 7) is 0. The van der Waals surface area contributed by atoms with E-state index in [1.54, 1.807) is 21.5 Å². The molecule has 2 bridgehead atoms. The molecule has 100 valence electrons. The molecule has 20 heavy (non-hydrogen) atoms. The molecule has 1 fully saturated rings. The summed E-state index contributed by atoms with van der Waals surface area (Å²) in [5.74, 6) is 0. The van der Waals surface area contributed by atoms with Crippen LogP contribution in [0.3, 0.4) is 0 Å². The molecule has 0 unspecified atom stereocenters. The van der Waals surface area contributed by atoms with Gasteiger partial charge in [-0.25, -0.2) is 23.5 Å². The Balaban J connectivity index is 1.82. The van der Waals surface area contributed by atoms with Gasteiger partial charge in [0.05, 0.1) is 17.8 Å². The van der Waals surface area contributed by atoms with Crippen LogP contribution in [0.4, 0.5) is 0 Å². The minimum Gasteiger partial charge on any atom is -0.245 e. The summed E-state index contributed by atoms with van der Waals surface area (Å²) in [5, 5.41) is 0. The van der Waals surface area contributed by atoms with E-state index < -0.39 is 0 Å². The summed E-state index contributed by atoms with van der Waals surface area (Å²) in [6, 6.07) is 9.27. The topological polar surface area (TPSA) is 48.9 Å². The molecular formula is C15H13N3O2. The highest BCUT2D eigenvalue weighted by molar-refractivity contribution is 5.33. The number of para-hydroxylation sites is 1. The van der Waals surface area contributed by atoms with E-state index in [1.165, 1.54) is 4.57 Å². The molecule has 2 aliphatic carbocycles. The van der Waals surface area contributed by atoms with E-state index in [0.717, 1.165) is 12.8 Å². The number of hydrogen-bond donors (Lipinski definition) is 0. The van der Waals surface area contributed by atoms with Crippen LogP contribution in [0.1, 0.15) is 24.9 Å². The third-order valence-corrected chi connectivity index (χ3v) is 5.03. The van der Waals surface area contributed by atoms with Gasteiger partial charge in [-0.15, -0.1) is 0 Å². The highest BCUT2D eigenvalue weighted by Crippen LogP contribution is 2.67. The molecule has 3 aliphatic rings. The number of aromatic nitrogens is 3. The quantitative estimate of drug-likeness (QED) is 0.730. The molecule has 0 amide bonds. The van der Waals surface area contributed by atoms with Crippen molar-refractivity contribution in [2.75, 3.05) is 0 Å². The normalized spacial score (nSPS) is 27.2. The first-order valence-electron chi connectivity index (χ1n) is 6.94. The molecule has 0 saturated heterocycles. The maximum absolute atomic E-state index is 12.7. The van der Waals surface area contributed by atoms with Gasteiger partial charge in [0.2, 0.25) is 0 Å². The van der Waals surface area contributed by atoms with E-state index >= 15 is 0 Å². The van der Waals surface area contributed by atoms with Crippen molar-refractivity contribution in [3.63, 3.8) is 0 Å². The van der Waals surface area contributed by atoms with Crippen molar-refractivity contribution in [3.8, 4) is 5.69 Å². The lowest BCUT2D eigenvalue weighted by Gasteiger charge is -2.11. The van der Waals surface area contributed by atoms with Crippen molar-refractivity contribution >= 4 is 0 Å². The van der Waals surface area contributed by atoms with E-state index in [4.69, 9.17) is 0 Å². The van der Waals surface area contributed by atoms with E-state index in [0.29, 0.717) is 5.69 Å². The van der Waals surface area contributed by atoms with E-state index in [-0.39, 0.29) is 28.9 Å². The zero-order chi connectivity index (χ0) is 13.5. The fourth-order valence-electron chi connectivity index (χ4n) is 3.93. The van der Waals surface area contributed by atoms with Crippen molar-refractivity contribution in [1.82, 2.24) is 13.9 Å². The zero-order valence-corrected chi connectivity index (χ0v) is 10.8.